The van der Waals surface area contributed by atoms with Crippen molar-refractivity contribution in [3.63, 3.8) is 0 Å². The predicted molar refractivity (Wildman–Crippen MR) is 37.1 cm³/mol. The topological polar surface area (TPSA) is 71.4 Å². The van der Waals surface area contributed by atoms with Gasteiger partial charge in [0.05, 0.1) is 0 Å². The number of carboxylic acids is 1. The lowest BCUT2D eigenvalue weighted by Gasteiger charge is -1.92. The molecule has 0 aliphatic heterocycles. The Morgan fingerprint density at radius 2 is 2.00 bits per heavy atom. The smallest absolute Gasteiger partial charge is 0.332 e. The summed E-state index contributed by atoms with van der Waals surface area (Å²) in [7, 11) is 0. The van der Waals surface area contributed by atoms with Crippen molar-refractivity contribution in [3.8, 4) is 0 Å². The third-order valence-corrected chi connectivity index (χ3v) is 0.955. The zero-order valence-corrected chi connectivity index (χ0v) is 6.03. The summed E-state index contributed by atoms with van der Waals surface area (Å²) < 4.78 is 0. The highest BCUT2D eigenvalue weighted by molar-refractivity contribution is 5.99. The first kappa shape index (κ1) is 9.55. The molecule has 11 heavy (non-hydrogen) atoms. The van der Waals surface area contributed by atoms with Crippen LogP contribution in [0.1, 0.15) is 13.3 Å². The van der Waals surface area contributed by atoms with Gasteiger partial charge in [0.25, 0.3) is 0 Å². The number of aldehydes is 1. The van der Waals surface area contributed by atoms with Crippen molar-refractivity contribution in [2.24, 2.45) is 0 Å². The molecule has 0 saturated heterocycles. The van der Waals surface area contributed by atoms with Crippen LogP contribution in [0.25, 0.3) is 0 Å². The molecule has 0 rings (SSSR count). The summed E-state index contributed by atoms with van der Waals surface area (Å²) in [5, 5.41) is 8.37. The molecule has 4 heteroatoms. The van der Waals surface area contributed by atoms with E-state index in [4.69, 9.17) is 5.11 Å². The first-order valence-corrected chi connectivity index (χ1v) is 2.96. The molecule has 0 aliphatic rings. The third-order valence-electron chi connectivity index (χ3n) is 0.955. The fourth-order valence-corrected chi connectivity index (χ4v) is 0.543. The van der Waals surface area contributed by atoms with Crippen molar-refractivity contribution in [2.45, 2.75) is 13.3 Å². The molecule has 4 nitrogen and oxygen atoms in total. The summed E-state index contributed by atoms with van der Waals surface area (Å²) in [6.45, 7) is 1.23. The van der Waals surface area contributed by atoms with E-state index in [1.54, 1.807) is 0 Å². The molecule has 0 aromatic rings. The zero-order valence-electron chi connectivity index (χ0n) is 6.03. The van der Waals surface area contributed by atoms with Crippen molar-refractivity contribution < 1.29 is 19.5 Å². The van der Waals surface area contributed by atoms with Crippen LogP contribution in [-0.2, 0) is 14.4 Å². The highest BCUT2D eigenvalue weighted by Gasteiger charge is 2.06. The van der Waals surface area contributed by atoms with Crippen molar-refractivity contribution in [2.75, 3.05) is 0 Å². The van der Waals surface area contributed by atoms with Crippen LogP contribution in [0, 0.1) is 0 Å². The molecule has 0 radical (unpaired) electrons. The second-order valence-electron chi connectivity index (χ2n) is 1.96. The molecule has 1 N–H and O–H groups in total. The van der Waals surface area contributed by atoms with E-state index in [2.05, 4.69) is 0 Å². The molecule has 0 bridgehead atoms. The van der Waals surface area contributed by atoms with E-state index in [9.17, 15) is 14.4 Å². The number of aliphatic carboxylic acids is 1. The normalized spacial score (nSPS) is 10.8. The number of carbonyl (C=O) groups excluding carboxylic acids is 2. The van der Waals surface area contributed by atoms with Crippen molar-refractivity contribution >= 4 is 18.0 Å². The fraction of sp³-hybridized carbons (Fsp3) is 0.286. The Morgan fingerprint density at radius 3 is 2.27 bits per heavy atom. The number of rotatable bonds is 4. The van der Waals surface area contributed by atoms with Crippen LogP contribution in [-0.4, -0.2) is 23.1 Å². The highest BCUT2D eigenvalue weighted by atomic mass is 16.4. The van der Waals surface area contributed by atoms with E-state index < -0.39 is 5.97 Å². The van der Waals surface area contributed by atoms with E-state index in [1.165, 1.54) is 6.92 Å². The van der Waals surface area contributed by atoms with Crippen LogP contribution in [0.3, 0.4) is 0 Å². The Morgan fingerprint density at radius 1 is 1.45 bits per heavy atom. The molecule has 0 atom stereocenters. The third kappa shape index (κ3) is 4.02. The number of ketones is 1. The number of carbonyl (C=O) groups is 3. The van der Waals surface area contributed by atoms with Crippen LogP contribution >= 0.6 is 0 Å². The van der Waals surface area contributed by atoms with E-state index in [0.717, 1.165) is 6.08 Å². The van der Waals surface area contributed by atoms with Crippen LogP contribution in [0.2, 0.25) is 0 Å². The molecule has 0 aromatic heterocycles. The average Bonchev–Trinajstić information content (AvgIpc) is 1.86. The van der Waals surface area contributed by atoms with Gasteiger partial charge in [-0.15, -0.1) is 0 Å². The van der Waals surface area contributed by atoms with Crippen LogP contribution in [0.5, 0.6) is 0 Å². The Kier molecular flexibility index (Phi) is 3.80. The fourth-order valence-electron chi connectivity index (χ4n) is 0.543. The van der Waals surface area contributed by atoms with Gasteiger partial charge in [-0.1, -0.05) is 0 Å². The quantitative estimate of drug-likeness (QED) is 0.465. The molecule has 60 valence electrons. The summed E-state index contributed by atoms with van der Waals surface area (Å²) in [4.78, 5) is 30.5. The van der Waals surface area contributed by atoms with Gasteiger partial charge in [0, 0.05) is 12.0 Å². The molecule has 0 aromatic carbocycles. The largest absolute Gasteiger partial charge is 0.478 e. The second-order valence-corrected chi connectivity index (χ2v) is 1.96. The molecule has 0 saturated carbocycles. The maximum absolute atomic E-state index is 10.4. The van der Waals surface area contributed by atoms with Gasteiger partial charge in [0.1, 0.15) is 6.29 Å². The summed E-state index contributed by atoms with van der Waals surface area (Å²) in [6.07, 6.45) is 1.16. The van der Waals surface area contributed by atoms with Crippen molar-refractivity contribution in [1.29, 1.82) is 0 Å². The van der Waals surface area contributed by atoms with Crippen LogP contribution < -0.4 is 0 Å². The lowest BCUT2D eigenvalue weighted by atomic mass is 10.1. The Balaban J connectivity index is 4.44. The van der Waals surface area contributed by atoms with Gasteiger partial charge < -0.3 is 9.90 Å². The molecule has 0 fully saturated rings. The highest BCUT2D eigenvalue weighted by Crippen LogP contribution is 1.98. The minimum absolute atomic E-state index is 0.174. The Bertz CT molecular complexity index is 214. The van der Waals surface area contributed by atoms with Crippen LogP contribution in [0.15, 0.2) is 11.6 Å². The van der Waals surface area contributed by atoms with E-state index in [-0.39, 0.29) is 17.8 Å². The van der Waals surface area contributed by atoms with Gasteiger partial charge in [-0.25, -0.2) is 4.79 Å². The molecule has 0 amide bonds. The SMILES string of the molecule is CC(=O)/C=C(/CC=O)C(=O)O. The minimum atomic E-state index is -1.23. The molecule has 0 spiro atoms. The van der Waals surface area contributed by atoms with Gasteiger partial charge in [0.2, 0.25) is 0 Å². The lowest BCUT2D eigenvalue weighted by Crippen LogP contribution is -2.03. The molecule has 0 aliphatic carbocycles. The first-order chi connectivity index (χ1) is 5.07. The zero-order chi connectivity index (χ0) is 8.85. The standard InChI is InChI=1S/C7H8O4/c1-5(9)4-6(2-3-8)7(10)11/h3-4H,2H2,1H3,(H,10,11)/b6-4-. The Labute approximate surface area is 63.5 Å². The first-order valence-electron chi connectivity index (χ1n) is 2.96. The molecule has 0 heterocycles. The van der Waals surface area contributed by atoms with Gasteiger partial charge in [0.15, 0.2) is 5.78 Å². The lowest BCUT2D eigenvalue weighted by molar-refractivity contribution is -0.133. The predicted octanol–water partition coefficient (Wildman–Crippen LogP) is 0.175. The van der Waals surface area contributed by atoms with E-state index in [1.807, 2.05) is 0 Å². The monoisotopic (exact) mass is 156 g/mol. The minimum Gasteiger partial charge on any atom is -0.478 e. The maximum Gasteiger partial charge on any atom is 0.332 e. The number of allylic oxidation sites excluding steroid dienone is 1. The van der Waals surface area contributed by atoms with E-state index >= 15 is 0 Å². The van der Waals surface area contributed by atoms with Gasteiger partial charge in [-0.3, -0.25) is 4.79 Å². The second kappa shape index (κ2) is 4.38. The van der Waals surface area contributed by atoms with Crippen molar-refractivity contribution in [1.82, 2.24) is 0 Å². The molecule has 0 unspecified atom stereocenters. The van der Waals surface area contributed by atoms with Gasteiger partial charge in [-0.2, -0.15) is 0 Å². The number of hydrogen-bond acceptors (Lipinski definition) is 3. The average molecular weight is 156 g/mol. The number of hydrogen-bond donors (Lipinski definition) is 1. The number of carboxylic acid groups (broad SMARTS) is 1. The molecular formula is C7H8O4. The Hall–Kier alpha value is -1.45. The van der Waals surface area contributed by atoms with Gasteiger partial charge in [-0.05, 0) is 13.0 Å². The van der Waals surface area contributed by atoms with E-state index in [0.29, 0.717) is 6.29 Å². The van der Waals surface area contributed by atoms with Gasteiger partial charge >= 0.3 is 5.97 Å². The summed E-state index contributed by atoms with van der Waals surface area (Å²) in [5.41, 5.74) is -0.174. The maximum atomic E-state index is 10.4. The summed E-state index contributed by atoms with van der Waals surface area (Å²) in [6, 6.07) is 0. The summed E-state index contributed by atoms with van der Waals surface area (Å²) in [5.74, 6) is -1.60. The van der Waals surface area contributed by atoms with Crippen LogP contribution in [0.4, 0.5) is 0 Å². The summed E-state index contributed by atoms with van der Waals surface area (Å²) >= 11 is 0. The van der Waals surface area contributed by atoms with Crippen molar-refractivity contribution in [3.05, 3.63) is 11.6 Å². The molecular weight excluding hydrogens is 148 g/mol.